The number of esters is 1. The van der Waals surface area contributed by atoms with Crippen LogP contribution in [0.4, 0.5) is 5.69 Å². The molecule has 2 heterocycles. The van der Waals surface area contributed by atoms with E-state index in [0.717, 1.165) is 9.79 Å². The molecule has 0 fully saturated rings. The number of furan rings is 1. The number of amides is 1. The van der Waals surface area contributed by atoms with Gasteiger partial charge < -0.3 is 14.5 Å². The van der Waals surface area contributed by atoms with Crippen molar-refractivity contribution in [3.8, 4) is 11.5 Å². The van der Waals surface area contributed by atoms with Crippen LogP contribution in [-0.4, -0.2) is 23.5 Å². The van der Waals surface area contributed by atoms with Crippen LogP contribution >= 0.6 is 11.8 Å². The molecule has 0 radical (unpaired) electrons. The van der Waals surface area contributed by atoms with Crippen LogP contribution in [0.2, 0.25) is 0 Å². The van der Waals surface area contributed by atoms with Gasteiger partial charge in [0.2, 0.25) is 0 Å². The zero-order chi connectivity index (χ0) is 24.0. The highest BCUT2D eigenvalue weighted by Crippen LogP contribution is 2.33. The lowest BCUT2D eigenvalue weighted by Gasteiger charge is -2.12. The van der Waals surface area contributed by atoms with Crippen molar-refractivity contribution < 1.29 is 18.7 Å². The molecule has 0 spiro atoms. The number of anilines is 1. The van der Waals surface area contributed by atoms with E-state index in [-0.39, 0.29) is 0 Å². The number of aromatic nitrogens is 1. The first-order chi connectivity index (χ1) is 17.2. The molecule has 0 saturated carbocycles. The Bertz CT molecular complexity index is 1480. The average molecular weight is 481 g/mol. The summed E-state index contributed by atoms with van der Waals surface area (Å²) in [5, 5.41) is 3.48. The standard InChI is InChI=1S/C28H20N2O4S/c31-27(30-23-13-6-7-15-26(23)35-19-9-2-1-3-10-19)18-34-28(32)21-17-24(25-14-8-16-33-25)29-22-12-5-4-11-20(21)22/h1-17H,18H2,(H,30,31). The van der Waals surface area contributed by atoms with Crippen LogP contribution in [0, 0.1) is 0 Å². The third-order valence-electron chi connectivity index (χ3n) is 5.18. The van der Waals surface area contributed by atoms with E-state index in [4.69, 9.17) is 9.15 Å². The number of ether oxygens (including phenoxy) is 1. The van der Waals surface area contributed by atoms with E-state index in [9.17, 15) is 9.59 Å². The smallest absolute Gasteiger partial charge is 0.339 e. The van der Waals surface area contributed by atoms with Crippen molar-refractivity contribution in [2.75, 3.05) is 11.9 Å². The second kappa shape index (κ2) is 10.3. The number of carbonyl (C=O) groups excluding carboxylic acids is 2. The second-order valence-corrected chi connectivity index (χ2v) is 8.70. The van der Waals surface area contributed by atoms with Crippen LogP contribution in [0.25, 0.3) is 22.4 Å². The number of hydrogen-bond donors (Lipinski definition) is 1. The van der Waals surface area contributed by atoms with E-state index in [1.165, 1.54) is 0 Å². The molecule has 0 unspecified atom stereocenters. The largest absolute Gasteiger partial charge is 0.463 e. The summed E-state index contributed by atoms with van der Waals surface area (Å²) >= 11 is 1.54. The minimum absolute atomic E-state index is 0.315. The SMILES string of the molecule is O=C(COC(=O)c1cc(-c2ccco2)nc2ccccc12)Nc1ccccc1Sc1ccccc1. The maximum atomic E-state index is 13.0. The fraction of sp³-hybridized carbons (Fsp3) is 0.0357. The summed E-state index contributed by atoms with van der Waals surface area (Å²) in [6.07, 6.45) is 1.54. The fourth-order valence-corrected chi connectivity index (χ4v) is 4.49. The topological polar surface area (TPSA) is 81.4 Å². The van der Waals surface area contributed by atoms with Gasteiger partial charge in [-0.25, -0.2) is 9.78 Å². The number of para-hydroxylation sites is 2. The molecule has 0 aliphatic carbocycles. The van der Waals surface area contributed by atoms with Gasteiger partial charge in [0.1, 0.15) is 5.69 Å². The van der Waals surface area contributed by atoms with Gasteiger partial charge in [-0.05, 0) is 48.5 Å². The van der Waals surface area contributed by atoms with Crippen LogP contribution in [-0.2, 0) is 9.53 Å². The third-order valence-corrected chi connectivity index (χ3v) is 6.26. The molecule has 0 aliphatic rings. The van der Waals surface area contributed by atoms with Gasteiger partial charge in [-0.1, -0.05) is 60.3 Å². The van der Waals surface area contributed by atoms with Crippen molar-refractivity contribution in [2.45, 2.75) is 9.79 Å². The van der Waals surface area contributed by atoms with Gasteiger partial charge >= 0.3 is 5.97 Å². The highest BCUT2D eigenvalue weighted by Gasteiger charge is 2.18. The zero-order valence-electron chi connectivity index (χ0n) is 18.5. The molecule has 35 heavy (non-hydrogen) atoms. The van der Waals surface area contributed by atoms with E-state index >= 15 is 0 Å². The van der Waals surface area contributed by atoms with Crippen LogP contribution in [0.15, 0.2) is 118 Å². The van der Waals surface area contributed by atoms with Gasteiger partial charge in [-0.3, -0.25) is 4.79 Å². The summed E-state index contributed by atoms with van der Waals surface area (Å²) in [5.74, 6) is -0.502. The number of pyridine rings is 1. The molecule has 172 valence electrons. The first kappa shape index (κ1) is 22.4. The van der Waals surface area contributed by atoms with Crippen LogP contribution in [0.5, 0.6) is 0 Å². The normalized spacial score (nSPS) is 10.7. The predicted octanol–water partition coefficient (Wildman–Crippen LogP) is 6.44. The van der Waals surface area contributed by atoms with Gasteiger partial charge in [0.05, 0.1) is 23.0 Å². The first-order valence-corrected chi connectivity index (χ1v) is 11.7. The lowest BCUT2D eigenvalue weighted by atomic mass is 10.1. The summed E-state index contributed by atoms with van der Waals surface area (Å²) in [5.41, 5.74) is 2.10. The van der Waals surface area contributed by atoms with Crippen molar-refractivity contribution in [3.05, 3.63) is 109 Å². The van der Waals surface area contributed by atoms with Gasteiger partial charge in [-0.2, -0.15) is 0 Å². The Kier molecular flexibility index (Phi) is 6.59. The maximum Gasteiger partial charge on any atom is 0.339 e. The third kappa shape index (κ3) is 5.26. The number of nitrogens with one attached hydrogen (secondary N) is 1. The van der Waals surface area contributed by atoms with E-state index in [1.54, 1.807) is 42.3 Å². The maximum absolute atomic E-state index is 13.0. The lowest BCUT2D eigenvalue weighted by Crippen LogP contribution is -2.21. The van der Waals surface area contributed by atoms with Crippen molar-refractivity contribution in [1.29, 1.82) is 0 Å². The quantitative estimate of drug-likeness (QED) is 0.270. The Labute approximate surface area is 206 Å². The van der Waals surface area contributed by atoms with Crippen molar-refractivity contribution in [3.63, 3.8) is 0 Å². The van der Waals surface area contributed by atoms with Gasteiger partial charge in [0.25, 0.3) is 5.91 Å². The summed E-state index contributed by atoms with van der Waals surface area (Å²) in [6, 6.07) is 29.8. The van der Waals surface area contributed by atoms with Crippen molar-refractivity contribution >= 4 is 40.2 Å². The Balaban J connectivity index is 1.30. The highest BCUT2D eigenvalue weighted by molar-refractivity contribution is 7.99. The molecular weight excluding hydrogens is 460 g/mol. The summed E-state index contributed by atoms with van der Waals surface area (Å²) in [6.45, 7) is -0.421. The number of nitrogens with zero attached hydrogens (tertiary/aromatic N) is 1. The molecule has 3 aromatic carbocycles. The number of fused-ring (bicyclic) bond motifs is 1. The highest BCUT2D eigenvalue weighted by atomic mass is 32.2. The summed E-state index contributed by atoms with van der Waals surface area (Å²) < 4.78 is 10.8. The van der Waals surface area contributed by atoms with E-state index in [0.29, 0.717) is 33.6 Å². The molecular formula is C28H20N2O4S. The number of benzene rings is 3. The van der Waals surface area contributed by atoms with Crippen molar-refractivity contribution in [2.24, 2.45) is 0 Å². The minimum atomic E-state index is -0.612. The number of rotatable bonds is 7. The predicted molar refractivity (Wildman–Crippen MR) is 135 cm³/mol. The molecule has 7 heteroatoms. The zero-order valence-corrected chi connectivity index (χ0v) is 19.3. The van der Waals surface area contributed by atoms with Gasteiger partial charge in [-0.15, -0.1) is 0 Å². The first-order valence-electron chi connectivity index (χ1n) is 10.9. The van der Waals surface area contributed by atoms with Gasteiger partial charge in [0.15, 0.2) is 12.4 Å². The van der Waals surface area contributed by atoms with Crippen LogP contribution in [0.3, 0.4) is 0 Å². The molecule has 1 N–H and O–H groups in total. The van der Waals surface area contributed by atoms with E-state index < -0.39 is 18.5 Å². The summed E-state index contributed by atoms with van der Waals surface area (Å²) in [4.78, 5) is 32.1. The molecule has 0 atom stereocenters. The lowest BCUT2D eigenvalue weighted by molar-refractivity contribution is -0.119. The number of hydrogen-bond acceptors (Lipinski definition) is 6. The monoisotopic (exact) mass is 480 g/mol. The Morgan fingerprint density at radius 2 is 1.66 bits per heavy atom. The van der Waals surface area contributed by atoms with E-state index in [2.05, 4.69) is 10.3 Å². The summed E-state index contributed by atoms with van der Waals surface area (Å²) in [7, 11) is 0. The Hall–Kier alpha value is -4.36. The fourth-order valence-electron chi connectivity index (χ4n) is 3.56. The molecule has 1 amide bonds. The van der Waals surface area contributed by atoms with Gasteiger partial charge in [0, 0.05) is 15.2 Å². The van der Waals surface area contributed by atoms with Crippen LogP contribution in [0.1, 0.15) is 10.4 Å². The molecule has 2 aromatic heterocycles. The Morgan fingerprint density at radius 3 is 2.49 bits per heavy atom. The minimum Gasteiger partial charge on any atom is -0.463 e. The Morgan fingerprint density at radius 1 is 0.886 bits per heavy atom. The van der Waals surface area contributed by atoms with E-state index in [1.807, 2.05) is 72.8 Å². The molecule has 5 rings (SSSR count). The molecule has 6 nitrogen and oxygen atoms in total. The van der Waals surface area contributed by atoms with Crippen molar-refractivity contribution in [1.82, 2.24) is 4.98 Å². The molecule has 0 aliphatic heterocycles. The molecule has 0 saturated heterocycles. The molecule has 0 bridgehead atoms. The average Bonchev–Trinajstić information content (AvgIpc) is 3.44. The second-order valence-electron chi connectivity index (χ2n) is 7.59. The number of carbonyl (C=O) groups is 2. The molecule has 5 aromatic rings. The van der Waals surface area contributed by atoms with Crippen LogP contribution < -0.4 is 5.32 Å².